The van der Waals surface area contributed by atoms with E-state index in [1.165, 1.54) is 0 Å². The van der Waals surface area contributed by atoms with Crippen LogP contribution in [0.5, 0.6) is 0 Å². The largest absolute Gasteiger partial charge is 0.478 e. The molecule has 0 bridgehead atoms. The Balaban J connectivity index is 3.13. The molecule has 3 nitrogen and oxygen atoms in total. The van der Waals surface area contributed by atoms with Crippen molar-refractivity contribution in [3.8, 4) is 0 Å². The van der Waals surface area contributed by atoms with E-state index in [0.29, 0.717) is 11.5 Å². The van der Waals surface area contributed by atoms with Gasteiger partial charge in [-0.1, -0.05) is 32.0 Å². The standard InChI is InChI=1S/C14H21NO2/c1-10(2)9-13(15(3)4)11-7-5-6-8-12(11)14(16)17/h5-8,10,13H,9H2,1-4H3,(H,16,17). The van der Waals surface area contributed by atoms with Crippen molar-refractivity contribution in [1.29, 1.82) is 0 Å². The van der Waals surface area contributed by atoms with E-state index in [1.807, 2.05) is 26.2 Å². The van der Waals surface area contributed by atoms with Crippen LogP contribution in [0.2, 0.25) is 0 Å². The maximum Gasteiger partial charge on any atom is 0.336 e. The molecule has 0 saturated heterocycles. The summed E-state index contributed by atoms with van der Waals surface area (Å²) in [5.41, 5.74) is 1.31. The summed E-state index contributed by atoms with van der Waals surface area (Å²) >= 11 is 0. The molecule has 0 aliphatic carbocycles. The van der Waals surface area contributed by atoms with Gasteiger partial charge in [-0.2, -0.15) is 0 Å². The van der Waals surface area contributed by atoms with E-state index in [0.717, 1.165) is 12.0 Å². The van der Waals surface area contributed by atoms with E-state index >= 15 is 0 Å². The number of carboxylic acid groups (broad SMARTS) is 1. The van der Waals surface area contributed by atoms with Crippen LogP contribution >= 0.6 is 0 Å². The van der Waals surface area contributed by atoms with Gasteiger partial charge in [0.05, 0.1) is 5.56 Å². The smallest absolute Gasteiger partial charge is 0.336 e. The molecule has 1 aromatic rings. The number of aromatic carboxylic acids is 1. The lowest BCUT2D eigenvalue weighted by molar-refractivity contribution is 0.0693. The third kappa shape index (κ3) is 3.56. The number of carbonyl (C=O) groups is 1. The topological polar surface area (TPSA) is 40.5 Å². The maximum atomic E-state index is 11.2. The predicted octanol–water partition coefficient (Wildman–Crippen LogP) is 3.03. The molecule has 1 rings (SSSR count). The summed E-state index contributed by atoms with van der Waals surface area (Å²) in [4.78, 5) is 13.3. The third-order valence-electron chi connectivity index (χ3n) is 2.87. The Morgan fingerprint density at radius 1 is 1.29 bits per heavy atom. The zero-order valence-electron chi connectivity index (χ0n) is 11.0. The number of hydrogen-bond donors (Lipinski definition) is 1. The van der Waals surface area contributed by atoms with Gasteiger partial charge in [0.2, 0.25) is 0 Å². The molecule has 1 atom stereocenters. The van der Waals surface area contributed by atoms with Gasteiger partial charge < -0.3 is 10.0 Å². The molecular weight excluding hydrogens is 214 g/mol. The zero-order valence-corrected chi connectivity index (χ0v) is 11.0. The Bertz CT molecular complexity index is 386. The van der Waals surface area contributed by atoms with Gasteiger partial charge in [-0.25, -0.2) is 4.79 Å². The van der Waals surface area contributed by atoms with E-state index in [-0.39, 0.29) is 6.04 Å². The van der Waals surface area contributed by atoms with Crippen molar-refractivity contribution in [3.05, 3.63) is 35.4 Å². The Hall–Kier alpha value is -1.35. The molecule has 17 heavy (non-hydrogen) atoms. The van der Waals surface area contributed by atoms with Gasteiger partial charge in [0.25, 0.3) is 0 Å². The summed E-state index contributed by atoms with van der Waals surface area (Å²) in [6.45, 7) is 4.31. The molecule has 0 aromatic heterocycles. The first-order chi connectivity index (χ1) is 7.93. The minimum Gasteiger partial charge on any atom is -0.478 e. The molecule has 1 N–H and O–H groups in total. The van der Waals surface area contributed by atoms with E-state index in [4.69, 9.17) is 0 Å². The highest BCUT2D eigenvalue weighted by molar-refractivity contribution is 5.89. The van der Waals surface area contributed by atoms with Gasteiger partial charge >= 0.3 is 5.97 Å². The monoisotopic (exact) mass is 235 g/mol. The van der Waals surface area contributed by atoms with Gasteiger partial charge in [-0.15, -0.1) is 0 Å². The SMILES string of the molecule is CC(C)CC(c1ccccc1C(=O)O)N(C)C. The highest BCUT2D eigenvalue weighted by Crippen LogP contribution is 2.28. The molecule has 0 fully saturated rings. The van der Waals surface area contributed by atoms with Crippen LogP contribution in [0.3, 0.4) is 0 Å². The fourth-order valence-electron chi connectivity index (χ4n) is 2.04. The molecule has 0 aliphatic heterocycles. The second kappa shape index (κ2) is 5.82. The molecule has 1 aromatic carbocycles. The van der Waals surface area contributed by atoms with Gasteiger partial charge in [0.15, 0.2) is 0 Å². The van der Waals surface area contributed by atoms with Gasteiger partial charge in [0, 0.05) is 6.04 Å². The maximum absolute atomic E-state index is 11.2. The summed E-state index contributed by atoms with van der Waals surface area (Å²) in [5.74, 6) is -0.319. The van der Waals surface area contributed by atoms with Crippen molar-refractivity contribution in [2.45, 2.75) is 26.3 Å². The third-order valence-corrected chi connectivity index (χ3v) is 2.87. The molecule has 94 valence electrons. The van der Waals surface area contributed by atoms with Crippen LogP contribution in [0.15, 0.2) is 24.3 Å². The average molecular weight is 235 g/mol. The number of hydrogen-bond acceptors (Lipinski definition) is 2. The van der Waals surface area contributed by atoms with Gasteiger partial charge in [-0.3, -0.25) is 0 Å². The lowest BCUT2D eigenvalue weighted by Gasteiger charge is -2.27. The Labute approximate surface area is 103 Å². The first kappa shape index (κ1) is 13.7. The molecule has 0 heterocycles. The molecule has 0 saturated carbocycles. The van der Waals surface area contributed by atoms with Crippen LogP contribution in [-0.2, 0) is 0 Å². The minimum atomic E-state index is -0.851. The fraction of sp³-hybridized carbons (Fsp3) is 0.500. The lowest BCUT2D eigenvalue weighted by atomic mass is 9.92. The summed E-state index contributed by atoms with van der Waals surface area (Å²) in [6, 6.07) is 7.42. The number of rotatable bonds is 5. The molecule has 0 spiro atoms. The highest BCUT2D eigenvalue weighted by atomic mass is 16.4. The van der Waals surface area contributed by atoms with Crippen molar-refractivity contribution in [2.75, 3.05) is 14.1 Å². The van der Waals surface area contributed by atoms with E-state index in [9.17, 15) is 9.90 Å². The van der Waals surface area contributed by atoms with E-state index < -0.39 is 5.97 Å². The van der Waals surface area contributed by atoms with Crippen LogP contribution in [0, 0.1) is 5.92 Å². The summed E-state index contributed by atoms with van der Waals surface area (Å²) < 4.78 is 0. The van der Waals surface area contributed by atoms with Gasteiger partial charge in [-0.05, 0) is 38.1 Å². The average Bonchev–Trinajstić information content (AvgIpc) is 2.25. The van der Waals surface area contributed by atoms with Crippen molar-refractivity contribution in [3.63, 3.8) is 0 Å². The van der Waals surface area contributed by atoms with Gasteiger partial charge in [0.1, 0.15) is 0 Å². The van der Waals surface area contributed by atoms with Crippen molar-refractivity contribution in [2.24, 2.45) is 5.92 Å². The first-order valence-corrected chi connectivity index (χ1v) is 5.92. The molecule has 0 radical (unpaired) electrons. The minimum absolute atomic E-state index is 0.155. The molecule has 0 amide bonds. The fourth-order valence-corrected chi connectivity index (χ4v) is 2.04. The molecule has 0 aliphatic rings. The second-order valence-electron chi connectivity index (χ2n) is 5.00. The molecule has 1 unspecified atom stereocenters. The van der Waals surface area contributed by atoms with E-state index in [2.05, 4.69) is 18.7 Å². The Morgan fingerprint density at radius 3 is 2.35 bits per heavy atom. The summed E-state index contributed by atoms with van der Waals surface area (Å²) in [5, 5.41) is 9.21. The van der Waals surface area contributed by atoms with Crippen LogP contribution in [0.4, 0.5) is 0 Å². The van der Waals surface area contributed by atoms with Crippen LogP contribution < -0.4 is 0 Å². The predicted molar refractivity (Wildman–Crippen MR) is 69.3 cm³/mol. The lowest BCUT2D eigenvalue weighted by Crippen LogP contribution is -2.23. The van der Waals surface area contributed by atoms with Crippen LogP contribution in [0.1, 0.15) is 42.2 Å². The van der Waals surface area contributed by atoms with E-state index in [1.54, 1.807) is 12.1 Å². The van der Waals surface area contributed by atoms with Crippen molar-refractivity contribution >= 4 is 5.97 Å². The second-order valence-corrected chi connectivity index (χ2v) is 5.00. The van der Waals surface area contributed by atoms with Crippen LogP contribution in [-0.4, -0.2) is 30.1 Å². The number of carboxylic acids is 1. The van der Waals surface area contributed by atoms with Crippen molar-refractivity contribution in [1.82, 2.24) is 4.90 Å². The zero-order chi connectivity index (χ0) is 13.0. The quantitative estimate of drug-likeness (QED) is 0.852. The Kier molecular flexibility index (Phi) is 4.70. The molecular formula is C14H21NO2. The van der Waals surface area contributed by atoms with Crippen LogP contribution in [0.25, 0.3) is 0 Å². The summed E-state index contributed by atoms with van der Waals surface area (Å²) in [7, 11) is 3.98. The molecule has 3 heteroatoms. The highest BCUT2D eigenvalue weighted by Gasteiger charge is 2.21. The first-order valence-electron chi connectivity index (χ1n) is 5.92. The number of nitrogens with zero attached hydrogens (tertiary/aromatic N) is 1. The Morgan fingerprint density at radius 2 is 1.88 bits per heavy atom. The van der Waals surface area contributed by atoms with Crippen molar-refractivity contribution < 1.29 is 9.90 Å². The summed E-state index contributed by atoms with van der Waals surface area (Å²) in [6.07, 6.45) is 0.956. The number of benzene rings is 1. The normalized spacial score (nSPS) is 13.1.